The molecule has 1 atom stereocenters. The normalized spacial score (nSPS) is 11.5. The Hall–Kier alpha value is -1.79. The molecule has 98 valence electrons. The minimum absolute atomic E-state index is 0.0268. The van der Waals surface area contributed by atoms with Gasteiger partial charge >= 0.3 is 12.0 Å². The fraction of sp³-hybridized carbons (Fsp3) is 0.700. The topological polar surface area (TPSA) is 98.7 Å². The van der Waals surface area contributed by atoms with Crippen LogP contribution in [0.25, 0.3) is 0 Å². The summed E-state index contributed by atoms with van der Waals surface area (Å²) >= 11 is 0. The van der Waals surface area contributed by atoms with Gasteiger partial charge < -0.3 is 20.6 Å². The lowest BCUT2D eigenvalue weighted by molar-refractivity contribution is -0.140. The molecular weight excluding hydrogens is 226 g/mol. The number of carbonyl (C=O) groups is 3. The number of hydrogen-bond donors (Lipinski definition) is 3. The van der Waals surface area contributed by atoms with Crippen LogP contribution in [0.1, 0.15) is 13.8 Å². The minimum atomic E-state index is -0.980. The lowest BCUT2D eigenvalue weighted by Gasteiger charge is -2.15. The Kier molecular flexibility index (Phi) is 6.69. The van der Waals surface area contributed by atoms with E-state index in [9.17, 15) is 14.4 Å². The van der Waals surface area contributed by atoms with Gasteiger partial charge in [0.25, 0.3) is 0 Å². The molecule has 0 heterocycles. The molecule has 3 amide bonds. The summed E-state index contributed by atoms with van der Waals surface area (Å²) in [4.78, 5) is 34.5. The fourth-order valence-corrected chi connectivity index (χ4v) is 0.863. The largest absolute Gasteiger partial charge is 0.481 e. The standard InChI is InChI=1S/C10H19N3O4/c1-4-13(3)8(14)6-12-10(17)11-5-7(2)9(15)16/h7H,4-6H2,1-3H3,(H,15,16)(H2,11,12,17). The van der Waals surface area contributed by atoms with Crippen molar-refractivity contribution < 1.29 is 19.5 Å². The number of carboxylic acid groups (broad SMARTS) is 1. The summed E-state index contributed by atoms with van der Waals surface area (Å²) in [5, 5.41) is 13.3. The molecule has 7 heteroatoms. The Balaban J connectivity index is 3.81. The number of amides is 3. The summed E-state index contributed by atoms with van der Waals surface area (Å²) in [7, 11) is 1.63. The Morgan fingerprint density at radius 3 is 2.35 bits per heavy atom. The van der Waals surface area contributed by atoms with Crippen LogP contribution in [0.4, 0.5) is 4.79 Å². The second-order valence-corrected chi connectivity index (χ2v) is 3.71. The van der Waals surface area contributed by atoms with E-state index in [1.54, 1.807) is 7.05 Å². The predicted molar refractivity (Wildman–Crippen MR) is 61.5 cm³/mol. The van der Waals surface area contributed by atoms with Crippen molar-refractivity contribution in [3.05, 3.63) is 0 Å². The Morgan fingerprint density at radius 2 is 1.88 bits per heavy atom. The van der Waals surface area contributed by atoms with Crippen LogP contribution in [0.2, 0.25) is 0 Å². The number of hydrogen-bond acceptors (Lipinski definition) is 3. The van der Waals surface area contributed by atoms with E-state index in [0.29, 0.717) is 6.54 Å². The van der Waals surface area contributed by atoms with E-state index in [2.05, 4.69) is 10.6 Å². The lowest BCUT2D eigenvalue weighted by Crippen LogP contribution is -2.44. The number of nitrogens with zero attached hydrogens (tertiary/aromatic N) is 1. The van der Waals surface area contributed by atoms with Gasteiger partial charge in [-0.1, -0.05) is 6.92 Å². The van der Waals surface area contributed by atoms with Crippen LogP contribution in [0.15, 0.2) is 0 Å². The molecule has 0 bridgehead atoms. The number of likely N-dealkylation sites (N-methyl/N-ethyl adjacent to an activating group) is 1. The quantitative estimate of drug-likeness (QED) is 0.586. The number of carbonyl (C=O) groups excluding carboxylic acids is 2. The summed E-state index contributed by atoms with van der Waals surface area (Å²) in [6.07, 6.45) is 0. The average Bonchev–Trinajstić information content (AvgIpc) is 2.31. The number of aliphatic carboxylic acids is 1. The first-order valence-corrected chi connectivity index (χ1v) is 5.37. The van der Waals surface area contributed by atoms with E-state index in [1.807, 2.05) is 6.92 Å². The molecule has 7 nitrogen and oxygen atoms in total. The van der Waals surface area contributed by atoms with Gasteiger partial charge in [0, 0.05) is 20.1 Å². The van der Waals surface area contributed by atoms with Gasteiger partial charge in [-0.25, -0.2) is 4.79 Å². The van der Waals surface area contributed by atoms with Crippen molar-refractivity contribution in [1.82, 2.24) is 15.5 Å². The summed E-state index contributed by atoms with van der Waals surface area (Å²) in [6.45, 7) is 3.81. The lowest BCUT2D eigenvalue weighted by atomic mass is 10.2. The molecule has 0 aliphatic carbocycles. The zero-order chi connectivity index (χ0) is 13.4. The summed E-state index contributed by atoms with van der Waals surface area (Å²) in [5.41, 5.74) is 0. The van der Waals surface area contributed by atoms with Gasteiger partial charge in [-0.2, -0.15) is 0 Å². The molecule has 0 saturated carbocycles. The fourth-order valence-electron chi connectivity index (χ4n) is 0.863. The minimum Gasteiger partial charge on any atom is -0.481 e. The number of rotatable bonds is 6. The van der Waals surface area contributed by atoms with Crippen LogP contribution >= 0.6 is 0 Å². The second-order valence-electron chi connectivity index (χ2n) is 3.71. The van der Waals surface area contributed by atoms with Crippen molar-refractivity contribution in [2.75, 3.05) is 26.7 Å². The van der Waals surface area contributed by atoms with Crippen molar-refractivity contribution in [2.24, 2.45) is 5.92 Å². The molecule has 3 N–H and O–H groups in total. The highest BCUT2D eigenvalue weighted by Crippen LogP contribution is 1.90. The van der Waals surface area contributed by atoms with Gasteiger partial charge in [-0.05, 0) is 6.92 Å². The number of urea groups is 1. The highest BCUT2D eigenvalue weighted by atomic mass is 16.4. The first-order valence-electron chi connectivity index (χ1n) is 5.37. The average molecular weight is 245 g/mol. The third-order valence-corrected chi connectivity index (χ3v) is 2.29. The van der Waals surface area contributed by atoms with Crippen LogP contribution in [0.5, 0.6) is 0 Å². The van der Waals surface area contributed by atoms with E-state index in [1.165, 1.54) is 11.8 Å². The Morgan fingerprint density at radius 1 is 1.29 bits per heavy atom. The van der Waals surface area contributed by atoms with Crippen molar-refractivity contribution in [3.8, 4) is 0 Å². The zero-order valence-corrected chi connectivity index (χ0v) is 10.3. The number of nitrogens with one attached hydrogen (secondary N) is 2. The van der Waals surface area contributed by atoms with E-state index in [0.717, 1.165) is 0 Å². The van der Waals surface area contributed by atoms with E-state index in [-0.39, 0.29) is 19.0 Å². The Labute approximate surface area is 100 Å². The van der Waals surface area contributed by atoms with Crippen LogP contribution in [0, 0.1) is 5.92 Å². The van der Waals surface area contributed by atoms with Gasteiger partial charge in [0.05, 0.1) is 12.5 Å². The molecule has 0 rings (SSSR count). The molecule has 0 aromatic heterocycles. The van der Waals surface area contributed by atoms with Crippen molar-refractivity contribution in [1.29, 1.82) is 0 Å². The molecule has 0 spiro atoms. The van der Waals surface area contributed by atoms with Crippen molar-refractivity contribution >= 4 is 17.9 Å². The maximum atomic E-state index is 11.3. The maximum absolute atomic E-state index is 11.3. The van der Waals surface area contributed by atoms with Crippen molar-refractivity contribution in [2.45, 2.75) is 13.8 Å². The highest BCUT2D eigenvalue weighted by molar-refractivity contribution is 5.84. The molecule has 0 fully saturated rings. The molecule has 17 heavy (non-hydrogen) atoms. The molecule has 0 radical (unpaired) electrons. The van der Waals surface area contributed by atoms with Gasteiger partial charge in [0.15, 0.2) is 0 Å². The molecule has 0 aliphatic heterocycles. The van der Waals surface area contributed by atoms with Crippen LogP contribution < -0.4 is 10.6 Å². The third-order valence-electron chi connectivity index (χ3n) is 2.29. The molecule has 0 aromatic rings. The highest BCUT2D eigenvalue weighted by Gasteiger charge is 2.13. The van der Waals surface area contributed by atoms with Gasteiger partial charge in [-0.15, -0.1) is 0 Å². The van der Waals surface area contributed by atoms with E-state index in [4.69, 9.17) is 5.11 Å². The molecule has 0 aromatic carbocycles. The van der Waals surface area contributed by atoms with E-state index >= 15 is 0 Å². The molecule has 0 aliphatic rings. The smallest absolute Gasteiger partial charge is 0.315 e. The Bertz CT molecular complexity index is 293. The van der Waals surface area contributed by atoms with Crippen LogP contribution in [-0.4, -0.2) is 54.6 Å². The molecule has 1 unspecified atom stereocenters. The maximum Gasteiger partial charge on any atom is 0.315 e. The number of carboxylic acids is 1. The molecular formula is C10H19N3O4. The third kappa shape index (κ3) is 6.39. The van der Waals surface area contributed by atoms with E-state index < -0.39 is 17.9 Å². The van der Waals surface area contributed by atoms with Crippen LogP contribution in [-0.2, 0) is 9.59 Å². The van der Waals surface area contributed by atoms with Gasteiger partial charge in [0.1, 0.15) is 0 Å². The summed E-state index contributed by atoms with van der Waals surface area (Å²) in [5.74, 6) is -1.84. The van der Waals surface area contributed by atoms with Gasteiger partial charge in [-0.3, -0.25) is 9.59 Å². The predicted octanol–water partition coefficient (Wildman–Crippen LogP) is -0.515. The molecule has 0 saturated heterocycles. The van der Waals surface area contributed by atoms with Gasteiger partial charge in [0.2, 0.25) is 5.91 Å². The zero-order valence-electron chi connectivity index (χ0n) is 10.3. The van der Waals surface area contributed by atoms with Crippen LogP contribution in [0.3, 0.4) is 0 Å². The second kappa shape index (κ2) is 7.48. The first kappa shape index (κ1) is 15.2. The monoisotopic (exact) mass is 245 g/mol. The van der Waals surface area contributed by atoms with Crippen molar-refractivity contribution in [3.63, 3.8) is 0 Å². The summed E-state index contributed by atoms with van der Waals surface area (Å²) < 4.78 is 0. The summed E-state index contributed by atoms with van der Waals surface area (Å²) in [6, 6.07) is -0.545. The SMILES string of the molecule is CCN(C)C(=O)CNC(=O)NCC(C)C(=O)O. The first-order chi connectivity index (χ1) is 7.88.